The van der Waals surface area contributed by atoms with Gasteiger partial charge in [0.2, 0.25) is 11.8 Å². The van der Waals surface area contributed by atoms with Crippen molar-refractivity contribution in [1.29, 1.82) is 0 Å². The summed E-state index contributed by atoms with van der Waals surface area (Å²) in [5, 5.41) is 7.98. The first-order valence-corrected chi connectivity index (χ1v) is 5.40. The van der Waals surface area contributed by atoms with E-state index in [1.54, 1.807) is 0 Å². The third-order valence-corrected chi connectivity index (χ3v) is 2.80. The molecule has 1 aliphatic rings. The summed E-state index contributed by atoms with van der Waals surface area (Å²) in [6.45, 7) is 0.574. The molecule has 0 aliphatic heterocycles. The zero-order chi connectivity index (χ0) is 9.80. The van der Waals surface area contributed by atoms with E-state index in [1.807, 2.05) is 0 Å². The summed E-state index contributed by atoms with van der Waals surface area (Å²) in [4.78, 5) is 0. The first-order chi connectivity index (χ1) is 6.88. The third-order valence-electron chi connectivity index (χ3n) is 2.80. The van der Waals surface area contributed by atoms with Gasteiger partial charge in [0.25, 0.3) is 0 Å². The number of rotatable bonds is 4. The largest absolute Gasteiger partial charge is 0.425 e. The Morgan fingerprint density at radius 3 is 2.64 bits per heavy atom. The summed E-state index contributed by atoms with van der Waals surface area (Å²) in [5.41, 5.74) is 5.41. The van der Waals surface area contributed by atoms with E-state index in [2.05, 4.69) is 10.2 Å². The molecule has 0 atom stereocenters. The molecule has 1 aromatic heterocycles. The van der Waals surface area contributed by atoms with Crippen molar-refractivity contribution in [3.63, 3.8) is 0 Å². The second-order valence-electron chi connectivity index (χ2n) is 3.98. The number of nitrogens with two attached hydrogens (primary N) is 1. The molecule has 78 valence electrons. The van der Waals surface area contributed by atoms with Crippen molar-refractivity contribution in [3.8, 4) is 0 Å². The van der Waals surface area contributed by atoms with E-state index in [0.717, 1.165) is 18.2 Å². The molecule has 0 amide bonds. The van der Waals surface area contributed by atoms with Crippen LogP contribution in [-0.2, 0) is 12.8 Å². The lowest BCUT2D eigenvalue weighted by Gasteiger charge is -2.02. The normalized spacial score (nSPS) is 17.8. The molecule has 1 aliphatic carbocycles. The molecule has 0 saturated heterocycles. The minimum absolute atomic E-state index is 0.574. The minimum Gasteiger partial charge on any atom is -0.425 e. The first kappa shape index (κ1) is 9.65. The molecule has 0 bridgehead atoms. The standard InChI is InChI=1S/C10H17N3O/c11-6-5-9-12-13-10(14-9)7-8-3-1-2-4-8/h8H,1-7,11H2. The summed E-state index contributed by atoms with van der Waals surface area (Å²) in [7, 11) is 0. The van der Waals surface area contributed by atoms with Crippen LogP contribution in [0.5, 0.6) is 0 Å². The Morgan fingerprint density at radius 2 is 1.93 bits per heavy atom. The van der Waals surface area contributed by atoms with Crippen LogP contribution in [-0.4, -0.2) is 16.7 Å². The number of aromatic nitrogens is 2. The van der Waals surface area contributed by atoms with Crippen LogP contribution in [0.4, 0.5) is 0 Å². The van der Waals surface area contributed by atoms with Crippen LogP contribution in [0.25, 0.3) is 0 Å². The molecule has 4 nitrogen and oxygen atoms in total. The number of hydrogen-bond donors (Lipinski definition) is 1. The van der Waals surface area contributed by atoms with Crippen LogP contribution < -0.4 is 5.73 Å². The maximum atomic E-state index is 5.48. The van der Waals surface area contributed by atoms with E-state index in [0.29, 0.717) is 18.9 Å². The molecular weight excluding hydrogens is 178 g/mol. The second kappa shape index (κ2) is 4.55. The predicted octanol–water partition coefficient (Wildman–Crippen LogP) is 1.30. The van der Waals surface area contributed by atoms with E-state index in [4.69, 9.17) is 10.2 Å². The van der Waals surface area contributed by atoms with Crippen molar-refractivity contribution >= 4 is 0 Å². The molecule has 1 heterocycles. The van der Waals surface area contributed by atoms with Gasteiger partial charge in [0, 0.05) is 19.4 Å². The first-order valence-electron chi connectivity index (χ1n) is 5.40. The molecule has 0 unspecified atom stereocenters. The lowest BCUT2D eigenvalue weighted by atomic mass is 10.0. The summed E-state index contributed by atoms with van der Waals surface area (Å²) in [6.07, 6.45) is 6.99. The molecule has 1 fully saturated rings. The fourth-order valence-electron chi connectivity index (χ4n) is 2.06. The average Bonchev–Trinajstić information content (AvgIpc) is 2.79. The molecule has 1 aromatic rings. The van der Waals surface area contributed by atoms with Crippen LogP contribution >= 0.6 is 0 Å². The van der Waals surface area contributed by atoms with Crippen LogP contribution in [0.3, 0.4) is 0 Å². The fourth-order valence-corrected chi connectivity index (χ4v) is 2.06. The highest BCUT2D eigenvalue weighted by Gasteiger charge is 2.18. The summed E-state index contributed by atoms with van der Waals surface area (Å²) in [5.74, 6) is 2.24. The summed E-state index contributed by atoms with van der Waals surface area (Å²) in [6, 6.07) is 0. The van der Waals surface area contributed by atoms with Crippen molar-refractivity contribution < 1.29 is 4.42 Å². The van der Waals surface area contributed by atoms with Crippen molar-refractivity contribution in [2.45, 2.75) is 38.5 Å². The topological polar surface area (TPSA) is 64.9 Å². The van der Waals surface area contributed by atoms with Crippen molar-refractivity contribution in [3.05, 3.63) is 11.8 Å². The van der Waals surface area contributed by atoms with Gasteiger partial charge in [0.1, 0.15) is 0 Å². The van der Waals surface area contributed by atoms with Crippen LogP contribution in [0.2, 0.25) is 0 Å². The monoisotopic (exact) mass is 195 g/mol. The predicted molar refractivity (Wildman–Crippen MR) is 52.7 cm³/mol. The van der Waals surface area contributed by atoms with Gasteiger partial charge in [0.15, 0.2) is 0 Å². The lowest BCUT2D eigenvalue weighted by molar-refractivity contribution is 0.408. The Kier molecular flexibility index (Phi) is 3.14. The van der Waals surface area contributed by atoms with Crippen molar-refractivity contribution in [1.82, 2.24) is 10.2 Å². The van der Waals surface area contributed by atoms with Gasteiger partial charge in [-0.25, -0.2) is 0 Å². The third kappa shape index (κ3) is 2.32. The van der Waals surface area contributed by atoms with Crippen LogP contribution in [0, 0.1) is 5.92 Å². The zero-order valence-electron chi connectivity index (χ0n) is 8.41. The van der Waals surface area contributed by atoms with E-state index in [-0.39, 0.29) is 0 Å². The highest BCUT2D eigenvalue weighted by molar-refractivity contribution is 4.86. The summed E-state index contributed by atoms with van der Waals surface area (Å²) >= 11 is 0. The van der Waals surface area contributed by atoms with Gasteiger partial charge in [-0.3, -0.25) is 0 Å². The minimum atomic E-state index is 0.574. The van der Waals surface area contributed by atoms with E-state index < -0.39 is 0 Å². The zero-order valence-corrected chi connectivity index (χ0v) is 8.41. The second-order valence-corrected chi connectivity index (χ2v) is 3.98. The molecule has 2 rings (SSSR count). The van der Waals surface area contributed by atoms with Crippen LogP contribution in [0.1, 0.15) is 37.5 Å². The molecule has 2 N–H and O–H groups in total. The molecule has 4 heteroatoms. The Morgan fingerprint density at radius 1 is 1.21 bits per heavy atom. The highest BCUT2D eigenvalue weighted by Crippen LogP contribution is 2.27. The molecule has 14 heavy (non-hydrogen) atoms. The van der Waals surface area contributed by atoms with Crippen molar-refractivity contribution in [2.24, 2.45) is 11.7 Å². The molecule has 0 spiro atoms. The highest BCUT2D eigenvalue weighted by atomic mass is 16.4. The maximum Gasteiger partial charge on any atom is 0.217 e. The smallest absolute Gasteiger partial charge is 0.217 e. The molecule has 0 aromatic carbocycles. The van der Waals surface area contributed by atoms with Gasteiger partial charge in [-0.1, -0.05) is 12.8 Å². The quantitative estimate of drug-likeness (QED) is 0.786. The van der Waals surface area contributed by atoms with Crippen molar-refractivity contribution in [2.75, 3.05) is 6.54 Å². The van der Waals surface area contributed by atoms with E-state index >= 15 is 0 Å². The fraction of sp³-hybridized carbons (Fsp3) is 0.800. The Balaban J connectivity index is 1.88. The van der Waals surface area contributed by atoms with Gasteiger partial charge < -0.3 is 10.2 Å². The Labute approximate surface area is 83.9 Å². The van der Waals surface area contributed by atoms with Gasteiger partial charge in [0.05, 0.1) is 0 Å². The van der Waals surface area contributed by atoms with Crippen LogP contribution in [0.15, 0.2) is 4.42 Å². The Hall–Kier alpha value is -0.900. The lowest BCUT2D eigenvalue weighted by Crippen LogP contribution is -2.02. The average molecular weight is 195 g/mol. The molecule has 1 saturated carbocycles. The number of hydrogen-bond acceptors (Lipinski definition) is 4. The summed E-state index contributed by atoms with van der Waals surface area (Å²) < 4.78 is 5.48. The van der Waals surface area contributed by atoms with Gasteiger partial charge in [-0.05, 0) is 18.8 Å². The maximum absolute atomic E-state index is 5.48. The van der Waals surface area contributed by atoms with E-state index in [1.165, 1.54) is 25.7 Å². The SMILES string of the molecule is NCCc1nnc(CC2CCCC2)o1. The number of nitrogens with zero attached hydrogens (tertiary/aromatic N) is 2. The van der Waals surface area contributed by atoms with Gasteiger partial charge in [-0.15, -0.1) is 10.2 Å². The van der Waals surface area contributed by atoms with Gasteiger partial charge >= 0.3 is 0 Å². The molecule has 0 radical (unpaired) electrons. The Bertz CT molecular complexity index is 279. The van der Waals surface area contributed by atoms with E-state index in [9.17, 15) is 0 Å². The molecular formula is C10H17N3O. The van der Waals surface area contributed by atoms with Gasteiger partial charge in [-0.2, -0.15) is 0 Å².